The van der Waals surface area contributed by atoms with E-state index in [1.807, 2.05) is 0 Å². The molecule has 0 amide bonds. The maximum absolute atomic E-state index is 13.1. The monoisotopic (exact) mass is 197 g/mol. The number of anilines is 1. The first-order chi connectivity index (χ1) is 6.56. The molecule has 0 unspecified atom stereocenters. The fraction of sp³-hybridized carbons (Fsp3) is 0.300. The van der Waals surface area contributed by atoms with Crippen molar-refractivity contribution in [3.63, 3.8) is 0 Å². The number of carbonyl (C=O) groups excluding carboxylic acids is 1. The molecular weight excluding hydrogens is 185 g/mol. The van der Waals surface area contributed by atoms with Gasteiger partial charge in [-0.05, 0) is 31.5 Å². The Morgan fingerprint density at radius 2 is 2.21 bits per heavy atom. The lowest BCUT2D eigenvalue weighted by molar-refractivity contribution is 0.0526. The van der Waals surface area contributed by atoms with Crippen LogP contribution in [0.2, 0.25) is 0 Å². The molecule has 0 aliphatic heterocycles. The van der Waals surface area contributed by atoms with Gasteiger partial charge in [0.25, 0.3) is 0 Å². The molecule has 1 rings (SSSR count). The summed E-state index contributed by atoms with van der Waals surface area (Å²) in [5.41, 5.74) is 5.96. The average molecular weight is 197 g/mol. The van der Waals surface area contributed by atoms with Crippen molar-refractivity contribution in [2.24, 2.45) is 0 Å². The third-order valence-electron chi connectivity index (χ3n) is 1.79. The second-order valence-electron chi connectivity index (χ2n) is 2.92. The lowest BCUT2D eigenvalue weighted by Crippen LogP contribution is -2.07. The van der Waals surface area contributed by atoms with Gasteiger partial charge in [-0.25, -0.2) is 9.18 Å². The highest BCUT2D eigenvalue weighted by molar-refractivity contribution is 5.90. The highest BCUT2D eigenvalue weighted by Gasteiger charge is 2.11. The molecule has 0 saturated heterocycles. The van der Waals surface area contributed by atoms with E-state index in [0.717, 1.165) is 0 Å². The van der Waals surface area contributed by atoms with E-state index in [-0.39, 0.29) is 17.9 Å². The summed E-state index contributed by atoms with van der Waals surface area (Å²) in [5.74, 6) is -0.972. The summed E-state index contributed by atoms with van der Waals surface area (Å²) in [5, 5.41) is 0. The maximum Gasteiger partial charge on any atom is 0.338 e. The van der Waals surface area contributed by atoms with Gasteiger partial charge in [0.2, 0.25) is 0 Å². The first kappa shape index (κ1) is 10.5. The van der Waals surface area contributed by atoms with Crippen LogP contribution in [-0.4, -0.2) is 12.6 Å². The van der Waals surface area contributed by atoms with Crippen molar-refractivity contribution >= 4 is 11.7 Å². The Balaban J connectivity index is 3.06. The number of nitrogens with two attached hydrogens (primary N) is 1. The van der Waals surface area contributed by atoms with Crippen LogP contribution in [0.5, 0.6) is 0 Å². The van der Waals surface area contributed by atoms with Crippen molar-refractivity contribution in [2.75, 3.05) is 12.3 Å². The molecule has 0 aliphatic carbocycles. The smallest absolute Gasteiger partial charge is 0.338 e. The Labute approximate surface area is 81.7 Å². The van der Waals surface area contributed by atoms with Crippen molar-refractivity contribution in [2.45, 2.75) is 13.8 Å². The average Bonchev–Trinajstić information content (AvgIpc) is 2.13. The summed E-state index contributed by atoms with van der Waals surface area (Å²) in [6.45, 7) is 3.54. The molecule has 4 heteroatoms. The topological polar surface area (TPSA) is 52.3 Å². The summed E-state index contributed by atoms with van der Waals surface area (Å²) < 4.78 is 17.8. The van der Waals surface area contributed by atoms with Crippen molar-refractivity contribution in [3.8, 4) is 0 Å². The highest BCUT2D eigenvalue weighted by atomic mass is 19.1. The number of nitrogen functional groups attached to an aromatic ring is 1. The molecular formula is C10H12FNO2. The molecule has 14 heavy (non-hydrogen) atoms. The molecule has 0 atom stereocenters. The number of rotatable bonds is 2. The highest BCUT2D eigenvalue weighted by Crippen LogP contribution is 2.17. The molecule has 0 saturated carbocycles. The van der Waals surface area contributed by atoms with Gasteiger partial charge in [-0.3, -0.25) is 0 Å². The maximum atomic E-state index is 13.1. The molecule has 0 fully saturated rings. The predicted molar refractivity (Wildman–Crippen MR) is 51.5 cm³/mol. The van der Waals surface area contributed by atoms with Gasteiger partial charge in [-0.1, -0.05) is 0 Å². The fourth-order valence-corrected chi connectivity index (χ4v) is 1.13. The fourth-order valence-electron chi connectivity index (χ4n) is 1.13. The summed E-state index contributed by atoms with van der Waals surface area (Å²) in [4.78, 5) is 11.3. The van der Waals surface area contributed by atoms with Crippen molar-refractivity contribution < 1.29 is 13.9 Å². The SMILES string of the molecule is CCOC(=O)c1cc(C)c(F)c(N)c1. The number of halogens is 1. The third kappa shape index (κ3) is 2.02. The Morgan fingerprint density at radius 1 is 1.57 bits per heavy atom. The van der Waals surface area contributed by atoms with Gasteiger partial charge < -0.3 is 10.5 Å². The van der Waals surface area contributed by atoms with E-state index in [2.05, 4.69) is 0 Å². The van der Waals surface area contributed by atoms with Crippen LogP contribution >= 0.6 is 0 Å². The summed E-state index contributed by atoms with van der Waals surface area (Å²) in [6, 6.07) is 2.70. The molecule has 0 aliphatic rings. The minimum atomic E-state index is -0.488. The standard InChI is InChI=1S/C10H12FNO2/c1-3-14-10(13)7-4-6(2)9(11)8(12)5-7/h4-5H,3,12H2,1-2H3. The summed E-state index contributed by atoms with van der Waals surface area (Å²) >= 11 is 0. The van der Waals surface area contributed by atoms with E-state index in [1.165, 1.54) is 12.1 Å². The van der Waals surface area contributed by atoms with Crippen molar-refractivity contribution in [1.82, 2.24) is 0 Å². The van der Waals surface area contributed by atoms with E-state index in [0.29, 0.717) is 5.56 Å². The number of esters is 1. The number of aryl methyl sites for hydroxylation is 1. The van der Waals surface area contributed by atoms with Crippen LogP contribution in [0.4, 0.5) is 10.1 Å². The largest absolute Gasteiger partial charge is 0.462 e. The van der Waals surface area contributed by atoms with Gasteiger partial charge >= 0.3 is 5.97 Å². The van der Waals surface area contributed by atoms with Crippen LogP contribution in [0.1, 0.15) is 22.8 Å². The van der Waals surface area contributed by atoms with E-state index < -0.39 is 11.8 Å². The molecule has 0 bridgehead atoms. The second-order valence-corrected chi connectivity index (χ2v) is 2.92. The summed E-state index contributed by atoms with van der Waals surface area (Å²) in [7, 11) is 0. The lowest BCUT2D eigenvalue weighted by atomic mass is 10.1. The predicted octanol–water partition coefficient (Wildman–Crippen LogP) is 1.89. The molecule has 0 aromatic heterocycles. The normalized spacial score (nSPS) is 9.93. The minimum absolute atomic E-state index is 0.0342. The van der Waals surface area contributed by atoms with Crippen LogP contribution in [0.15, 0.2) is 12.1 Å². The van der Waals surface area contributed by atoms with E-state index >= 15 is 0 Å². The number of ether oxygens (including phenoxy) is 1. The molecule has 0 heterocycles. The van der Waals surface area contributed by atoms with Crippen LogP contribution in [0.3, 0.4) is 0 Å². The zero-order chi connectivity index (χ0) is 10.7. The van der Waals surface area contributed by atoms with Crippen LogP contribution in [0.25, 0.3) is 0 Å². The first-order valence-electron chi connectivity index (χ1n) is 4.29. The molecule has 0 spiro atoms. The van der Waals surface area contributed by atoms with Crippen LogP contribution in [-0.2, 0) is 4.74 Å². The number of hydrogen-bond acceptors (Lipinski definition) is 3. The van der Waals surface area contributed by atoms with Gasteiger partial charge in [0.1, 0.15) is 5.82 Å². The first-order valence-corrected chi connectivity index (χ1v) is 4.29. The van der Waals surface area contributed by atoms with Gasteiger partial charge in [0.05, 0.1) is 17.9 Å². The molecule has 76 valence electrons. The summed E-state index contributed by atoms with van der Waals surface area (Å²) in [6.07, 6.45) is 0. The molecule has 2 N–H and O–H groups in total. The van der Waals surface area contributed by atoms with Crippen LogP contribution < -0.4 is 5.73 Å². The Hall–Kier alpha value is -1.58. The number of carbonyl (C=O) groups is 1. The number of benzene rings is 1. The van der Waals surface area contributed by atoms with Gasteiger partial charge in [-0.15, -0.1) is 0 Å². The Bertz CT molecular complexity index is 340. The quantitative estimate of drug-likeness (QED) is 0.581. The zero-order valence-corrected chi connectivity index (χ0v) is 8.13. The van der Waals surface area contributed by atoms with E-state index in [4.69, 9.17) is 10.5 Å². The minimum Gasteiger partial charge on any atom is -0.462 e. The van der Waals surface area contributed by atoms with Crippen molar-refractivity contribution in [1.29, 1.82) is 0 Å². The molecule has 1 aromatic carbocycles. The molecule has 3 nitrogen and oxygen atoms in total. The lowest BCUT2D eigenvalue weighted by Gasteiger charge is -2.05. The van der Waals surface area contributed by atoms with Gasteiger partial charge in [0.15, 0.2) is 0 Å². The van der Waals surface area contributed by atoms with Crippen LogP contribution in [0, 0.1) is 12.7 Å². The van der Waals surface area contributed by atoms with Gasteiger partial charge in [-0.2, -0.15) is 0 Å². The molecule has 0 radical (unpaired) electrons. The van der Waals surface area contributed by atoms with E-state index in [1.54, 1.807) is 13.8 Å². The van der Waals surface area contributed by atoms with Gasteiger partial charge in [0, 0.05) is 0 Å². The Morgan fingerprint density at radius 3 is 2.71 bits per heavy atom. The Kier molecular flexibility index (Phi) is 3.06. The second kappa shape index (κ2) is 4.09. The van der Waals surface area contributed by atoms with Crippen molar-refractivity contribution in [3.05, 3.63) is 29.1 Å². The van der Waals surface area contributed by atoms with E-state index in [9.17, 15) is 9.18 Å². The zero-order valence-electron chi connectivity index (χ0n) is 8.13. The molecule has 1 aromatic rings. The number of hydrogen-bond donors (Lipinski definition) is 1. The third-order valence-corrected chi connectivity index (χ3v) is 1.79.